The van der Waals surface area contributed by atoms with Crippen molar-refractivity contribution in [3.05, 3.63) is 15.3 Å². The molecule has 0 aliphatic carbocycles. The molecule has 1 heterocycles. The Morgan fingerprint density at radius 1 is 1.50 bits per heavy atom. The van der Waals surface area contributed by atoms with Crippen molar-refractivity contribution in [2.45, 2.75) is 13.0 Å². The molecule has 0 spiro atoms. The number of halogens is 4. The van der Waals surface area contributed by atoms with Crippen LogP contribution in [0.1, 0.15) is 5.56 Å². The van der Waals surface area contributed by atoms with Gasteiger partial charge in [-0.25, -0.2) is 4.98 Å². The topological polar surface area (TPSA) is 51.6 Å². The van der Waals surface area contributed by atoms with Gasteiger partial charge >= 0.3 is 6.36 Å². The highest BCUT2D eigenvalue weighted by atomic mass is 127. The van der Waals surface area contributed by atoms with E-state index in [4.69, 9.17) is 9.84 Å². The van der Waals surface area contributed by atoms with E-state index in [0.29, 0.717) is 0 Å². The second-order valence-corrected chi connectivity index (χ2v) is 3.67. The van der Waals surface area contributed by atoms with Gasteiger partial charge in [0.15, 0.2) is 5.75 Å². The van der Waals surface area contributed by atoms with Crippen LogP contribution in [0.3, 0.4) is 0 Å². The fourth-order valence-electron chi connectivity index (χ4n) is 1.03. The summed E-state index contributed by atoms with van der Waals surface area (Å²) < 4.78 is 44.5. The molecule has 0 aliphatic rings. The van der Waals surface area contributed by atoms with E-state index in [2.05, 4.69) is 9.72 Å². The number of nitrogens with zero attached hydrogens (tertiary/aromatic N) is 1. The minimum Gasteiger partial charge on any atom is -0.494 e. The van der Waals surface area contributed by atoms with E-state index in [9.17, 15) is 13.2 Å². The third-order valence-electron chi connectivity index (χ3n) is 1.58. The maximum absolute atomic E-state index is 11.9. The Morgan fingerprint density at radius 2 is 2.12 bits per heavy atom. The summed E-state index contributed by atoms with van der Waals surface area (Å²) in [5.74, 6) is -0.389. The quantitative estimate of drug-likeness (QED) is 0.671. The number of alkyl halides is 3. The number of aliphatic hydroxyl groups excluding tert-OH is 1. The van der Waals surface area contributed by atoms with E-state index >= 15 is 0 Å². The molecule has 0 aliphatic heterocycles. The third kappa shape index (κ3) is 3.37. The Hall–Kier alpha value is -0.770. The van der Waals surface area contributed by atoms with Crippen LogP contribution < -0.4 is 9.47 Å². The van der Waals surface area contributed by atoms with Gasteiger partial charge in [0.2, 0.25) is 5.88 Å². The first kappa shape index (κ1) is 13.3. The van der Waals surface area contributed by atoms with E-state index < -0.39 is 18.8 Å². The van der Waals surface area contributed by atoms with Gasteiger partial charge in [0.25, 0.3) is 0 Å². The SMILES string of the molecule is COc1c(CO)cc(OC(F)(F)F)nc1I. The normalized spacial score (nSPS) is 11.4. The van der Waals surface area contributed by atoms with E-state index in [1.54, 1.807) is 22.6 Å². The largest absolute Gasteiger partial charge is 0.574 e. The van der Waals surface area contributed by atoms with Gasteiger partial charge in [-0.15, -0.1) is 13.2 Å². The zero-order chi connectivity index (χ0) is 12.3. The molecule has 0 fully saturated rings. The average molecular weight is 349 g/mol. The highest BCUT2D eigenvalue weighted by molar-refractivity contribution is 14.1. The molecule has 0 saturated carbocycles. The van der Waals surface area contributed by atoms with E-state index in [1.807, 2.05) is 0 Å². The van der Waals surface area contributed by atoms with Crippen molar-refractivity contribution < 1.29 is 27.8 Å². The summed E-state index contributed by atoms with van der Waals surface area (Å²) in [6.07, 6.45) is -4.81. The molecule has 0 aromatic carbocycles. The second-order valence-electron chi connectivity index (χ2n) is 2.65. The van der Waals surface area contributed by atoms with Crippen molar-refractivity contribution in [2.24, 2.45) is 0 Å². The van der Waals surface area contributed by atoms with Gasteiger partial charge in [0, 0.05) is 11.6 Å². The lowest BCUT2D eigenvalue weighted by Gasteiger charge is -2.12. The molecule has 1 N–H and O–H groups in total. The predicted molar refractivity (Wildman–Crippen MR) is 56.1 cm³/mol. The Kier molecular flexibility index (Phi) is 4.19. The van der Waals surface area contributed by atoms with Gasteiger partial charge in [0.05, 0.1) is 13.7 Å². The summed E-state index contributed by atoms with van der Waals surface area (Å²) in [6.45, 7) is -0.462. The maximum Gasteiger partial charge on any atom is 0.574 e. The molecule has 0 radical (unpaired) electrons. The van der Waals surface area contributed by atoms with Crippen molar-refractivity contribution in [1.82, 2.24) is 4.98 Å². The van der Waals surface area contributed by atoms with Crippen molar-refractivity contribution >= 4 is 22.6 Å². The fraction of sp³-hybridized carbons (Fsp3) is 0.375. The number of hydrogen-bond acceptors (Lipinski definition) is 4. The minimum absolute atomic E-state index is 0.182. The molecule has 0 saturated heterocycles. The summed E-state index contributed by atoms with van der Waals surface area (Å²) in [6, 6.07) is 0.981. The van der Waals surface area contributed by atoms with Crippen LogP contribution in [-0.2, 0) is 6.61 Å². The van der Waals surface area contributed by atoms with Gasteiger partial charge in [0.1, 0.15) is 3.70 Å². The average Bonchev–Trinajstić information content (AvgIpc) is 2.14. The number of hydrogen-bond donors (Lipinski definition) is 1. The van der Waals surface area contributed by atoms with Crippen LogP contribution in [0.5, 0.6) is 11.6 Å². The van der Waals surface area contributed by atoms with Crippen molar-refractivity contribution in [3.63, 3.8) is 0 Å². The molecule has 16 heavy (non-hydrogen) atoms. The predicted octanol–water partition coefficient (Wildman–Crippen LogP) is 2.09. The Bertz CT molecular complexity index is 384. The first-order valence-electron chi connectivity index (χ1n) is 3.97. The first-order chi connectivity index (χ1) is 7.37. The molecule has 0 atom stereocenters. The number of aromatic nitrogens is 1. The van der Waals surface area contributed by atoms with Crippen LogP contribution in [0.15, 0.2) is 6.07 Å². The Morgan fingerprint density at radius 3 is 2.56 bits per heavy atom. The molecule has 8 heteroatoms. The van der Waals surface area contributed by atoms with Crippen molar-refractivity contribution in [3.8, 4) is 11.6 Å². The van der Waals surface area contributed by atoms with Gasteiger partial charge < -0.3 is 14.6 Å². The fourth-order valence-corrected chi connectivity index (χ4v) is 1.83. The molecule has 1 aromatic rings. The second kappa shape index (κ2) is 5.04. The highest BCUT2D eigenvalue weighted by Gasteiger charge is 2.32. The first-order valence-corrected chi connectivity index (χ1v) is 5.05. The lowest BCUT2D eigenvalue weighted by molar-refractivity contribution is -0.276. The van der Waals surface area contributed by atoms with Crippen LogP contribution in [0.2, 0.25) is 0 Å². The molecule has 0 unspecified atom stereocenters. The third-order valence-corrected chi connectivity index (χ3v) is 2.31. The molecule has 0 bridgehead atoms. The van der Waals surface area contributed by atoms with Crippen molar-refractivity contribution in [2.75, 3.05) is 7.11 Å². The summed E-state index contributed by atoms with van der Waals surface area (Å²) >= 11 is 1.69. The van der Waals surface area contributed by atoms with E-state index in [1.165, 1.54) is 7.11 Å². The molecule has 90 valence electrons. The summed E-state index contributed by atoms with van der Waals surface area (Å²) in [7, 11) is 1.34. The summed E-state index contributed by atoms with van der Waals surface area (Å²) in [5, 5.41) is 8.95. The highest BCUT2D eigenvalue weighted by Crippen LogP contribution is 2.30. The lowest BCUT2D eigenvalue weighted by Crippen LogP contribution is -2.18. The monoisotopic (exact) mass is 349 g/mol. The number of pyridine rings is 1. The van der Waals surface area contributed by atoms with Gasteiger partial charge in [-0.1, -0.05) is 0 Å². The van der Waals surface area contributed by atoms with Crippen LogP contribution in [0, 0.1) is 3.70 Å². The van der Waals surface area contributed by atoms with Crippen molar-refractivity contribution in [1.29, 1.82) is 0 Å². The van der Waals surface area contributed by atoms with Crippen LogP contribution in [-0.4, -0.2) is 23.6 Å². The van der Waals surface area contributed by atoms with E-state index in [-0.39, 0.29) is 15.0 Å². The molecule has 1 rings (SSSR count). The maximum atomic E-state index is 11.9. The van der Waals surface area contributed by atoms with Crippen LogP contribution in [0.25, 0.3) is 0 Å². The molecule has 4 nitrogen and oxygen atoms in total. The standard InChI is InChI=1S/C8H7F3INO3/c1-15-6-4(3-14)2-5(13-7(6)12)16-8(9,10)11/h2,14H,3H2,1H3. The minimum atomic E-state index is -4.81. The lowest BCUT2D eigenvalue weighted by atomic mass is 10.2. The van der Waals surface area contributed by atoms with Crippen LogP contribution in [0.4, 0.5) is 13.2 Å². The van der Waals surface area contributed by atoms with E-state index in [0.717, 1.165) is 6.07 Å². The number of rotatable bonds is 3. The number of aliphatic hydroxyl groups is 1. The van der Waals surface area contributed by atoms with Gasteiger partial charge in [-0.05, 0) is 22.6 Å². The number of methoxy groups -OCH3 is 1. The number of ether oxygens (including phenoxy) is 2. The smallest absolute Gasteiger partial charge is 0.494 e. The molecule has 0 amide bonds. The van der Waals surface area contributed by atoms with Crippen LogP contribution >= 0.6 is 22.6 Å². The Balaban J connectivity index is 3.10. The zero-order valence-electron chi connectivity index (χ0n) is 8.01. The van der Waals surface area contributed by atoms with Gasteiger partial charge in [-0.2, -0.15) is 0 Å². The Labute approximate surface area is 103 Å². The molecular formula is C8H7F3INO3. The zero-order valence-corrected chi connectivity index (χ0v) is 10.2. The molecule has 1 aromatic heterocycles. The summed E-state index contributed by atoms with van der Waals surface area (Å²) in [4.78, 5) is 3.55. The summed E-state index contributed by atoms with van der Waals surface area (Å²) in [5.41, 5.74) is 0.182. The van der Waals surface area contributed by atoms with Gasteiger partial charge in [-0.3, -0.25) is 0 Å². The molecular weight excluding hydrogens is 342 g/mol.